The molecule has 0 aliphatic heterocycles. The van der Waals surface area contributed by atoms with Crippen LogP contribution in [0.25, 0.3) is 11.1 Å². The van der Waals surface area contributed by atoms with Crippen LogP contribution in [0.3, 0.4) is 0 Å². The van der Waals surface area contributed by atoms with E-state index in [1.807, 2.05) is 43.5 Å². The molecule has 0 atom stereocenters. The number of hydrazine groups is 1. The molecule has 0 spiro atoms. The Labute approximate surface area is 133 Å². The fourth-order valence-electron chi connectivity index (χ4n) is 1.94. The highest BCUT2D eigenvalue weighted by molar-refractivity contribution is 7.80. The maximum absolute atomic E-state index is 12.3. The summed E-state index contributed by atoms with van der Waals surface area (Å²) in [5, 5.41) is 4.97. The highest BCUT2D eigenvalue weighted by Gasteiger charge is 2.17. The van der Waals surface area contributed by atoms with Gasteiger partial charge in [-0.3, -0.25) is 15.6 Å². The topological polar surface area (TPSA) is 53.2 Å². The van der Waals surface area contributed by atoms with E-state index in [0.29, 0.717) is 10.7 Å². The summed E-state index contributed by atoms with van der Waals surface area (Å²) >= 11 is 6.50. The normalized spacial score (nSPS) is 10.0. The standard InChI is InChI=1S/C15H17N3OS2/c1-9-4-6-11(7-5-9)13-10(2)21-8-12(13)14(19)17-18-15(20)16-3/h4-8H,1-3H3,(H,17,19)(H2,16,18,20). The van der Waals surface area contributed by atoms with Gasteiger partial charge in [-0.15, -0.1) is 11.3 Å². The maximum atomic E-state index is 12.3. The van der Waals surface area contributed by atoms with Gasteiger partial charge in [0.05, 0.1) is 5.56 Å². The first-order chi connectivity index (χ1) is 10.0. The second-order valence-corrected chi connectivity index (χ2v) is 6.10. The van der Waals surface area contributed by atoms with Crippen LogP contribution in [-0.2, 0) is 0 Å². The minimum absolute atomic E-state index is 0.201. The Morgan fingerprint density at radius 1 is 1.14 bits per heavy atom. The molecule has 0 saturated carbocycles. The van der Waals surface area contributed by atoms with Crippen molar-refractivity contribution in [3.8, 4) is 11.1 Å². The molecule has 4 nitrogen and oxygen atoms in total. The van der Waals surface area contributed by atoms with Crippen LogP contribution in [0.2, 0.25) is 0 Å². The lowest BCUT2D eigenvalue weighted by Gasteiger charge is -2.10. The molecule has 2 aromatic rings. The van der Waals surface area contributed by atoms with Crippen LogP contribution in [0, 0.1) is 13.8 Å². The molecule has 0 aliphatic rings. The predicted molar refractivity (Wildman–Crippen MR) is 91.5 cm³/mol. The summed E-state index contributed by atoms with van der Waals surface area (Å²) in [4.78, 5) is 13.4. The van der Waals surface area contributed by atoms with Gasteiger partial charge in [0.25, 0.3) is 5.91 Å². The number of nitrogens with one attached hydrogen (secondary N) is 3. The molecule has 0 fully saturated rings. The van der Waals surface area contributed by atoms with Crippen molar-refractivity contribution in [2.75, 3.05) is 7.05 Å². The highest BCUT2D eigenvalue weighted by Crippen LogP contribution is 2.32. The fourth-order valence-corrected chi connectivity index (χ4v) is 2.86. The van der Waals surface area contributed by atoms with Crippen LogP contribution in [0.5, 0.6) is 0 Å². The Bertz CT molecular complexity index is 662. The first-order valence-electron chi connectivity index (χ1n) is 6.46. The maximum Gasteiger partial charge on any atom is 0.271 e. The van der Waals surface area contributed by atoms with Gasteiger partial charge in [0.1, 0.15) is 0 Å². The van der Waals surface area contributed by atoms with Gasteiger partial charge in [-0.05, 0) is 31.6 Å². The highest BCUT2D eigenvalue weighted by atomic mass is 32.1. The summed E-state index contributed by atoms with van der Waals surface area (Å²) in [5.74, 6) is -0.201. The van der Waals surface area contributed by atoms with Gasteiger partial charge in [-0.1, -0.05) is 29.8 Å². The number of rotatable bonds is 2. The smallest absolute Gasteiger partial charge is 0.271 e. The second kappa shape index (κ2) is 6.69. The lowest BCUT2D eigenvalue weighted by Crippen LogP contribution is -2.45. The molecule has 0 bridgehead atoms. The van der Waals surface area contributed by atoms with E-state index in [2.05, 4.69) is 16.2 Å². The zero-order valence-corrected chi connectivity index (χ0v) is 13.7. The quantitative estimate of drug-likeness (QED) is 0.588. The molecule has 0 aliphatic carbocycles. The molecule has 3 N–H and O–H groups in total. The third-order valence-electron chi connectivity index (χ3n) is 3.08. The van der Waals surface area contributed by atoms with Gasteiger partial charge in [-0.2, -0.15) is 0 Å². The third kappa shape index (κ3) is 3.59. The first kappa shape index (κ1) is 15.5. The van der Waals surface area contributed by atoms with Gasteiger partial charge in [0.2, 0.25) is 0 Å². The van der Waals surface area contributed by atoms with E-state index >= 15 is 0 Å². The Balaban J connectivity index is 2.27. The number of carbonyl (C=O) groups excluding carboxylic acids is 1. The minimum Gasteiger partial charge on any atom is -0.364 e. The number of hydrogen-bond acceptors (Lipinski definition) is 3. The number of amides is 1. The van der Waals surface area contributed by atoms with Gasteiger partial charge in [0.15, 0.2) is 5.11 Å². The average molecular weight is 319 g/mol. The summed E-state index contributed by atoms with van der Waals surface area (Å²) in [6.07, 6.45) is 0. The monoisotopic (exact) mass is 319 g/mol. The van der Waals surface area contributed by atoms with Crippen molar-refractivity contribution < 1.29 is 4.79 Å². The number of benzene rings is 1. The van der Waals surface area contributed by atoms with Crippen LogP contribution in [0.15, 0.2) is 29.6 Å². The van der Waals surface area contributed by atoms with E-state index in [1.165, 1.54) is 5.56 Å². The Morgan fingerprint density at radius 3 is 2.43 bits per heavy atom. The zero-order chi connectivity index (χ0) is 15.4. The Hall–Kier alpha value is -1.92. The van der Waals surface area contributed by atoms with E-state index in [9.17, 15) is 4.79 Å². The molecule has 0 saturated heterocycles. The van der Waals surface area contributed by atoms with Crippen molar-refractivity contribution in [3.63, 3.8) is 0 Å². The summed E-state index contributed by atoms with van der Waals surface area (Å²) in [6.45, 7) is 4.06. The molecule has 1 aromatic carbocycles. The third-order valence-corrected chi connectivity index (χ3v) is 4.29. The molecule has 0 radical (unpaired) electrons. The molecular formula is C15H17N3OS2. The van der Waals surface area contributed by atoms with Crippen LogP contribution in [-0.4, -0.2) is 18.1 Å². The van der Waals surface area contributed by atoms with E-state index in [-0.39, 0.29) is 5.91 Å². The van der Waals surface area contributed by atoms with Gasteiger partial charge >= 0.3 is 0 Å². The Morgan fingerprint density at radius 2 is 1.81 bits per heavy atom. The predicted octanol–water partition coefficient (Wildman–Crippen LogP) is 2.77. The van der Waals surface area contributed by atoms with E-state index in [1.54, 1.807) is 18.4 Å². The minimum atomic E-state index is -0.201. The van der Waals surface area contributed by atoms with Gasteiger partial charge < -0.3 is 5.32 Å². The average Bonchev–Trinajstić information content (AvgIpc) is 2.87. The van der Waals surface area contributed by atoms with Crippen molar-refractivity contribution in [1.29, 1.82) is 0 Å². The fraction of sp³-hybridized carbons (Fsp3) is 0.200. The van der Waals surface area contributed by atoms with Gasteiger partial charge in [0, 0.05) is 22.9 Å². The number of thiocarbonyl (C=S) groups is 1. The molecule has 6 heteroatoms. The number of hydrogen-bond donors (Lipinski definition) is 3. The van der Waals surface area contributed by atoms with E-state index < -0.39 is 0 Å². The molecule has 1 heterocycles. The molecular weight excluding hydrogens is 302 g/mol. The lowest BCUT2D eigenvalue weighted by molar-refractivity contribution is 0.0945. The van der Waals surface area contributed by atoms with E-state index in [0.717, 1.165) is 16.0 Å². The SMILES string of the molecule is CNC(=S)NNC(=O)c1csc(C)c1-c1ccc(C)cc1. The van der Waals surface area contributed by atoms with Crippen LogP contribution >= 0.6 is 23.6 Å². The van der Waals surface area contributed by atoms with Gasteiger partial charge in [-0.25, -0.2) is 0 Å². The lowest BCUT2D eigenvalue weighted by atomic mass is 10.0. The number of carbonyl (C=O) groups is 1. The van der Waals surface area contributed by atoms with Crippen molar-refractivity contribution in [1.82, 2.24) is 16.2 Å². The molecule has 110 valence electrons. The molecule has 0 unspecified atom stereocenters. The zero-order valence-electron chi connectivity index (χ0n) is 12.1. The van der Waals surface area contributed by atoms with Crippen LogP contribution in [0.4, 0.5) is 0 Å². The largest absolute Gasteiger partial charge is 0.364 e. The Kier molecular flexibility index (Phi) is 4.93. The summed E-state index contributed by atoms with van der Waals surface area (Å²) in [6, 6.07) is 8.16. The van der Waals surface area contributed by atoms with Crippen molar-refractivity contribution in [3.05, 3.63) is 45.6 Å². The van der Waals surface area contributed by atoms with Crippen LogP contribution in [0.1, 0.15) is 20.8 Å². The van der Waals surface area contributed by atoms with Crippen molar-refractivity contribution in [2.24, 2.45) is 0 Å². The van der Waals surface area contributed by atoms with Crippen molar-refractivity contribution in [2.45, 2.75) is 13.8 Å². The summed E-state index contributed by atoms with van der Waals surface area (Å²) in [5.41, 5.74) is 9.10. The van der Waals surface area contributed by atoms with Crippen LogP contribution < -0.4 is 16.2 Å². The molecule has 1 amide bonds. The summed E-state index contributed by atoms with van der Waals surface area (Å²) in [7, 11) is 1.69. The molecule has 21 heavy (non-hydrogen) atoms. The molecule has 1 aromatic heterocycles. The number of thiophene rings is 1. The first-order valence-corrected chi connectivity index (χ1v) is 7.75. The van der Waals surface area contributed by atoms with E-state index in [4.69, 9.17) is 12.2 Å². The number of aryl methyl sites for hydroxylation is 2. The molecule has 2 rings (SSSR count). The van der Waals surface area contributed by atoms with Crippen molar-refractivity contribution >= 4 is 34.6 Å². The second-order valence-electron chi connectivity index (χ2n) is 4.60. The summed E-state index contributed by atoms with van der Waals surface area (Å²) < 4.78 is 0.